The van der Waals surface area contributed by atoms with E-state index < -0.39 is 0 Å². The van der Waals surface area contributed by atoms with Gasteiger partial charge in [-0.05, 0) is 78.0 Å². The van der Waals surface area contributed by atoms with Crippen molar-refractivity contribution in [2.45, 2.75) is 25.8 Å². The third-order valence-corrected chi connectivity index (χ3v) is 5.77. The highest BCUT2D eigenvalue weighted by Crippen LogP contribution is 2.37. The second kappa shape index (κ2) is 9.15. The number of methoxy groups -OCH3 is 2. The normalized spacial score (nSPS) is 14.6. The predicted octanol–water partition coefficient (Wildman–Crippen LogP) is 6.02. The van der Waals surface area contributed by atoms with Gasteiger partial charge in [0.05, 0.1) is 14.2 Å². The molecular weight excluding hydrogens is 358 g/mol. The van der Waals surface area contributed by atoms with E-state index in [9.17, 15) is 0 Å². The van der Waals surface area contributed by atoms with E-state index in [1.165, 1.54) is 60.2 Å². The maximum Gasteiger partial charge on any atom is 0.118 e. The average Bonchev–Trinajstić information content (AvgIpc) is 2.80. The molecule has 0 N–H and O–H groups in total. The van der Waals surface area contributed by atoms with E-state index >= 15 is 0 Å². The maximum absolute atomic E-state index is 5.38. The van der Waals surface area contributed by atoms with E-state index in [0.29, 0.717) is 0 Å². The lowest BCUT2D eigenvalue weighted by atomic mass is 9.90. The second-order valence-corrected chi connectivity index (χ2v) is 7.63. The Morgan fingerprint density at radius 3 is 1.86 bits per heavy atom. The number of piperidine rings is 1. The van der Waals surface area contributed by atoms with E-state index in [2.05, 4.69) is 47.4 Å². The van der Waals surface area contributed by atoms with Crippen LogP contribution in [0.4, 0.5) is 0 Å². The molecule has 0 aliphatic carbocycles. The lowest BCUT2D eigenvalue weighted by molar-refractivity contribution is 0.221. The van der Waals surface area contributed by atoms with E-state index in [0.717, 1.165) is 18.0 Å². The van der Waals surface area contributed by atoms with Crippen LogP contribution in [0.1, 0.15) is 24.8 Å². The van der Waals surface area contributed by atoms with Gasteiger partial charge in [-0.1, -0.05) is 48.9 Å². The quantitative estimate of drug-likeness (QED) is 0.516. The summed E-state index contributed by atoms with van der Waals surface area (Å²) in [6.07, 6.45) is 3.96. The Morgan fingerprint density at radius 2 is 1.28 bits per heavy atom. The third-order valence-electron chi connectivity index (χ3n) is 5.77. The molecule has 29 heavy (non-hydrogen) atoms. The number of rotatable bonds is 6. The molecule has 1 heterocycles. The highest BCUT2D eigenvalue weighted by atomic mass is 16.5. The van der Waals surface area contributed by atoms with Gasteiger partial charge < -0.3 is 9.47 Å². The second-order valence-electron chi connectivity index (χ2n) is 7.63. The summed E-state index contributed by atoms with van der Waals surface area (Å²) in [5, 5.41) is 0. The van der Waals surface area contributed by atoms with Gasteiger partial charge in [0.15, 0.2) is 0 Å². The number of likely N-dealkylation sites (tertiary alicyclic amines) is 1. The number of ether oxygens (including phenoxy) is 2. The van der Waals surface area contributed by atoms with Crippen molar-refractivity contribution in [3.8, 4) is 33.8 Å². The summed E-state index contributed by atoms with van der Waals surface area (Å²) in [6, 6.07) is 23.5. The molecular formula is C26H29NO2. The van der Waals surface area contributed by atoms with Crippen molar-refractivity contribution in [1.82, 2.24) is 4.90 Å². The van der Waals surface area contributed by atoms with Crippen LogP contribution in [0.2, 0.25) is 0 Å². The minimum atomic E-state index is 0.879. The van der Waals surface area contributed by atoms with Crippen LogP contribution in [0.25, 0.3) is 22.3 Å². The van der Waals surface area contributed by atoms with Crippen LogP contribution in [0, 0.1) is 0 Å². The minimum absolute atomic E-state index is 0.879. The highest BCUT2D eigenvalue weighted by Gasteiger charge is 2.17. The van der Waals surface area contributed by atoms with Crippen molar-refractivity contribution in [3.63, 3.8) is 0 Å². The summed E-state index contributed by atoms with van der Waals surface area (Å²) < 4.78 is 10.7. The minimum Gasteiger partial charge on any atom is -0.497 e. The lowest BCUT2D eigenvalue weighted by Crippen LogP contribution is -2.29. The molecule has 0 saturated carbocycles. The first-order valence-corrected chi connectivity index (χ1v) is 10.4. The van der Waals surface area contributed by atoms with Gasteiger partial charge in [0.2, 0.25) is 0 Å². The van der Waals surface area contributed by atoms with E-state index in [1.807, 2.05) is 24.3 Å². The van der Waals surface area contributed by atoms with Gasteiger partial charge in [0.25, 0.3) is 0 Å². The predicted molar refractivity (Wildman–Crippen MR) is 120 cm³/mol. The van der Waals surface area contributed by atoms with Crippen LogP contribution < -0.4 is 9.47 Å². The van der Waals surface area contributed by atoms with Crippen molar-refractivity contribution in [2.75, 3.05) is 27.3 Å². The summed E-state index contributed by atoms with van der Waals surface area (Å²) in [5.41, 5.74) is 6.38. The molecule has 0 unspecified atom stereocenters. The topological polar surface area (TPSA) is 21.7 Å². The molecule has 3 heteroatoms. The fourth-order valence-electron chi connectivity index (χ4n) is 4.20. The molecule has 0 amide bonds. The zero-order valence-electron chi connectivity index (χ0n) is 17.4. The average molecular weight is 388 g/mol. The molecule has 3 nitrogen and oxygen atoms in total. The van der Waals surface area contributed by atoms with Gasteiger partial charge in [-0.25, -0.2) is 0 Å². The lowest BCUT2D eigenvalue weighted by Gasteiger charge is -2.28. The first kappa shape index (κ1) is 19.5. The van der Waals surface area contributed by atoms with Crippen LogP contribution in [-0.2, 0) is 6.54 Å². The Labute approximate surface area is 173 Å². The van der Waals surface area contributed by atoms with Crippen LogP contribution in [0.15, 0.2) is 66.7 Å². The fraction of sp³-hybridized carbons (Fsp3) is 0.308. The molecule has 1 aliphatic heterocycles. The van der Waals surface area contributed by atoms with Crippen LogP contribution in [0.3, 0.4) is 0 Å². The molecule has 0 aromatic heterocycles. The van der Waals surface area contributed by atoms with Crippen LogP contribution >= 0.6 is 0 Å². The Hall–Kier alpha value is -2.78. The fourth-order valence-corrected chi connectivity index (χ4v) is 4.20. The van der Waals surface area contributed by atoms with Gasteiger partial charge in [-0.3, -0.25) is 4.90 Å². The number of hydrogen-bond acceptors (Lipinski definition) is 3. The summed E-state index contributed by atoms with van der Waals surface area (Å²) in [7, 11) is 3.42. The number of nitrogens with zero attached hydrogens (tertiary/aromatic N) is 1. The Bertz CT molecular complexity index is 926. The highest BCUT2D eigenvalue weighted by molar-refractivity contribution is 5.86. The molecule has 1 saturated heterocycles. The van der Waals surface area contributed by atoms with Crippen molar-refractivity contribution >= 4 is 0 Å². The summed E-state index contributed by atoms with van der Waals surface area (Å²) in [6.45, 7) is 3.37. The molecule has 0 bridgehead atoms. The molecule has 1 aliphatic rings. The summed E-state index contributed by atoms with van der Waals surface area (Å²) in [4.78, 5) is 2.59. The van der Waals surface area contributed by atoms with Crippen LogP contribution in [0.5, 0.6) is 11.5 Å². The number of hydrogen-bond donors (Lipinski definition) is 0. The molecule has 1 fully saturated rings. The van der Waals surface area contributed by atoms with Gasteiger partial charge >= 0.3 is 0 Å². The third kappa shape index (κ3) is 4.46. The molecule has 0 atom stereocenters. The van der Waals surface area contributed by atoms with Crippen molar-refractivity contribution in [2.24, 2.45) is 0 Å². The first-order valence-electron chi connectivity index (χ1n) is 10.4. The monoisotopic (exact) mass is 387 g/mol. The Balaban J connectivity index is 1.79. The van der Waals surface area contributed by atoms with Crippen molar-refractivity contribution in [1.29, 1.82) is 0 Å². The van der Waals surface area contributed by atoms with Gasteiger partial charge in [0.1, 0.15) is 11.5 Å². The molecule has 0 spiro atoms. The largest absolute Gasteiger partial charge is 0.497 e. The molecule has 150 valence electrons. The first-order chi connectivity index (χ1) is 14.3. The maximum atomic E-state index is 5.38. The van der Waals surface area contributed by atoms with E-state index in [4.69, 9.17) is 9.47 Å². The van der Waals surface area contributed by atoms with Crippen molar-refractivity contribution in [3.05, 3.63) is 72.3 Å². The molecule has 4 rings (SSSR count). The van der Waals surface area contributed by atoms with Crippen molar-refractivity contribution < 1.29 is 9.47 Å². The number of benzene rings is 3. The van der Waals surface area contributed by atoms with Gasteiger partial charge in [0, 0.05) is 6.54 Å². The molecule has 0 radical (unpaired) electrons. The molecule has 3 aromatic carbocycles. The zero-order chi connectivity index (χ0) is 20.1. The van der Waals surface area contributed by atoms with Crippen LogP contribution in [-0.4, -0.2) is 32.2 Å². The summed E-state index contributed by atoms with van der Waals surface area (Å²) in [5.74, 6) is 1.76. The summed E-state index contributed by atoms with van der Waals surface area (Å²) >= 11 is 0. The standard InChI is InChI=1S/C26H29NO2/c1-28-23-13-9-20(10-14-23)25-8-6-7-22(19-27-17-4-3-5-18-27)26(25)21-11-15-24(29-2)16-12-21/h6-16H,3-5,17-19H2,1-2H3. The SMILES string of the molecule is COc1ccc(-c2cccc(CN3CCCCC3)c2-c2ccc(OC)cc2)cc1. The van der Waals surface area contributed by atoms with E-state index in [1.54, 1.807) is 14.2 Å². The smallest absolute Gasteiger partial charge is 0.118 e. The zero-order valence-corrected chi connectivity index (χ0v) is 17.4. The van der Waals surface area contributed by atoms with Gasteiger partial charge in [-0.2, -0.15) is 0 Å². The Kier molecular flexibility index (Phi) is 6.16. The Morgan fingerprint density at radius 1 is 0.690 bits per heavy atom. The van der Waals surface area contributed by atoms with Gasteiger partial charge in [-0.15, -0.1) is 0 Å². The molecule has 3 aromatic rings. The van der Waals surface area contributed by atoms with E-state index in [-0.39, 0.29) is 0 Å².